The summed E-state index contributed by atoms with van der Waals surface area (Å²) in [4.78, 5) is 5.40. The molecule has 1 aromatic rings. The van der Waals surface area contributed by atoms with E-state index in [9.17, 15) is 0 Å². The number of thioether (sulfide) groups is 1. The summed E-state index contributed by atoms with van der Waals surface area (Å²) >= 11 is 3.85. The second-order valence-corrected chi connectivity index (χ2v) is 5.97. The van der Waals surface area contributed by atoms with Crippen molar-refractivity contribution in [3.8, 4) is 0 Å². The zero-order chi connectivity index (χ0) is 9.64. The van der Waals surface area contributed by atoms with Crippen LogP contribution in [0.3, 0.4) is 0 Å². The molecular formula is C10H16N2S2. The van der Waals surface area contributed by atoms with Gasteiger partial charge in [-0.25, -0.2) is 0 Å². The average Bonchev–Trinajstić information content (AvgIpc) is 2.72. The van der Waals surface area contributed by atoms with Gasteiger partial charge in [0.05, 0.1) is 5.51 Å². The van der Waals surface area contributed by atoms with Crippen LogP contribution in [0.25, 0.3) is 0 Å². The lowest BCUT2D eigenvalue weighted by atomic mass is 10.2. The van der Waals surface area contributed by atoms with Crippen molar-refractivity contribution < 1.29 is 0 Å². The Labute approximate surface area is 93.5 Å². The smallest absolute Gasteiger partial charge is 0.0794 e. The Morgan fingerprint density at radius 1 is 1.50 bits per heavy atom. The number of rotatable bonds is 4. The Hall–Kier alpha value is -0.0600. The summed E-state index contributed by atoms with van der Waals surface area (Å²) < 4.78 is 0. The summed E-state index contributed by atoms with van der Waals surface area (Å²) in [6.07, 6.45) is 6.17. The summed E-state index contributed by atoms with van der Waals surface area (Å²) in [5, 5.41) is 4.35. The van der Waals surface area contributed by atoms with E-state index in [1.54, 1.807) is 11.3 Å². The lowest BCUT2D eigenvalue weighted by Gasteiger charge is -2.21. The number of nitrogens with zero attached hydrogens (tertiary/aromatic N) is 1. The molecule has 4 heteroatoms. The van der Waals surface area contributed by atoms with Crippen molar-refractivity contribution in [2.24, 2.45) is 0 Å². The molecule has 0 bridgehead atoms. The lowest BCUT2D eigenvalue weighted by Crippen LogP contribution is -2.26. The second-order valence-electron chi connectivity index (χ2n) is 3.59. The van der Waals surface area contributed by atoms with Crippen LogP contribution < -0.4 is 5.32 Å². The fourth-order valence-corrected chi connectivity index (χ4v) is 3.49. The van der Waals surface area contributed by atoms with Gasteiger partial charge in [0.25, 0.3) is 0 Å². The largest absolute Gasteiger partial charge is 0.311 e. The SMILES string of the molecule is c1ncc(CNCC2CCCCS2)s1. The number of aromatic nitrogens is 1. The van der Waals surface area contributed by atoms with Crippen LogP contribution in [0.15, 0.2) is 11.7 Å². The van der Waals surface area contributed by atoms with Crippen molar-refractivity contribution in [3.05, 3.63) is 16.6 Å². The zero-order valence-corrected chi connectivity index (χ0v) is 9.87. The van der Waals surface area contributed by atoms with E-state index in [2.05, 4.69) is 22.1 Å². The molecule has 0 spiro atoms. The molecule has 2 nitrogen and oxygen atoms in total. The maximum Gasteiger partial charge on any atom is 0.0794 e. The first-order valence-electron chi connectivity index (χ1n) is 5.15. The molecule has 14 heavy (non-hydrogen) atoms. The average molecular weight is 228 g/mol. The van der Waals surface area contributed by atoms with Gasteiger partial charge in [0.2, 0.25) is 0 Å². The molecular weight excluding hydrogens is 212 g/mol. The van der Waals surface area contributed by atoms with E-state index >= 15 is 0 Å². The molecule has 1 unspecified atom stereocenters. The minimum Gasteiger partial charge on any atom is -0.311 e. The highest BCUT2D eigenvalue weighted by Crippen LogP contribution is 2.24. The number of hydrogen-bond donors (Lipinski definition) is 1. The van der Waals surface area contributed by atoms with Crippen molar-refractivity contribution in [3.63, 3.8) is 0 Å². The van der Waals surface area contributed by atoms with Gasteiger partial charge in [-0.1, -0.05) is 6.42 Å². The Kier molecular flexibility index (Phi) is 4.28. The van der Waals surface area contributed by atoms with Gasteiger partial charge in [0, 0.05) is 29.4 Å². The van der Waals surface area contributed by atoms with Crippen LogP contribution in [0.2, 0.25) is 0 Å². The first-order chi connectivity index (χ1) is 6.95. The molecule has 1 atom stereocenters. The van der Waals surface area contributed by atoms with Gasteiger partial charge < -0.3 is 5.32 Å². The number of hydrogen-bond acceptors (Lipinski definition) is 4. The van der Waals surface area contributed by atoms with Gasteiger partial charge >= 0.3 is 0 Å². The molecule has 0 radical (unpaired) electrons. The van der Waals surface area contributed by atoms with E-state index < -0.39 is 0 Å². The van der Waals surface area contributed by atoms with Gasteiger partial charge in [0.15, 0.2) is 0 Å². The predicted molar refractivity (Wildman–Crippen MR) is 63.9 cm³/mol. The minimum atomic E-state index is 0.844. The molecule has 78 valence electrons. The van der Waals surface area contributed by atoms with E-state index in [1.165, 1.54) is 29.9 Å². The van der Waals surface area contributed by atoms with Crippen LogP contribution in [-0.4, -0.2) is 22.5 Å². The van der Waals surface area contributed by atoms with Crippen LogP contribution in [0.4, 0.5) is 0 Å². The summed E-state index contributed by atoms with van der Waals surface area (Å²) in [5.74, 6) is 1.35. The van der Waals surface area contributed by atoms with Crippen LogP contribution in [0.5, 0.6) is 0 Å². The Balaban J connectivity index is 1.62. The molecule has 1 aliphatic heterocycles. The standard InChI is InChI=1S/C10H16N2S2/c1-2-4-13-9(3-1)5-11-6-10-7-12-8-14-10/h7-9,11H,1-6H2. The normalized spacial score (nSPS) is 22.4. The number of nitrogens with one attached hydrogen (secondary N) is 1. The third kappa shape index (κ3) is 3.26. The molecule has 2 heterocycles. The summed E-state index contributed by atoms with van der Waals surface area (Å²) in [6.45, 7) is 2.14. The molecule has 1 aliphatic rings. The summed E-state index contributed by atoms with van der Waals surface area (Å²) in [6, 6.07) is 0. The van der Waals surface area contributed by atoms with Gasteiger partial charge in [0.1, 0.15) is 0 Å². The molecule has 2 rings (SSSR count). The monoisotopic (exact) mass is 228 g/mol. The Morgan fingerprint density at radius 2 is 2.50 bits per heavy atom. The first-order valence-corrected chi connectivity index (χ1v) is 7.07. The topological polar surface area (TPSA) is 24.9 Å². The van der Waals surface area contributed by atoms with E-state index in [0.29, 0.717) is 0 Å². The molecule has 0 aliphatic carbocycles. The fourth-order valence-electron chi connectivity index (χ4n) is 1.65. The van der Waals surface area contributed by atoms with Crippen LogP contribution in [-0.2, 0) is 6.54 Å². The van der Waals surface area contributed by atoms with Crippen LogP contribution in [0, 0.1) is 0 Å². The second kappa shape index (κ2) is 5.73. The lowest BCUT2D eigenvalue weighted by molar-refractivity contribution is 0.600. The first kappa shape index (κ1) is 10.5. The third-order valence-corrected chi connectivity index (χ3v) is 4.61. The molecule has 1 saturated heterocycles. The zero-order valence-electron chi connectivity index (χ0n) is 8.24. The molecule has 1 N–H and O–H groups in total. The van der Waals surface area contributed by atoms with E-state index in [1.807, 2.05) is 11.7 Å². The maximum absolute atomic E-state index is 4.06. The molecule has 0 aromatic carbocycles. The molecule has 0 saturated carbocycles. The van der Waals surface area contributed by atoms with Gasteiger partial charge in [-0.2, -0.15) is 11.8 Å². The fraction of sp³-hybridized carbons (Fsp3) is 0.700. The Morgan fingerprint density at radius 3 is 3.21 bits per heavy atom. The summed E-state index contributed by atoms with van der Waals surface area (Å²) in [7, 11) is 0. The predicted octanol–water partition coefficient (Wildman–Crippen LogP) is 2.52. The van der Waals surface area contributed by atoms with Gasteiger partial charge in [-0.05, 0) is 18.6 Å². The minimum absolute atomic E-state index is 0.844. The van der Waals surface area contributed by atoms with Crippen molar-refractivity contribution in [1.82, 2.24) is 10.3 Å². The van der Waals surface area contributed by atoms with Gasteiger partial charge in [-0.3, -0.25) is 4.98 Å². The highest BCUT2D eigenvalue weighted by molar-refractivity contribution is 7.99. The van der Waals surface area contributed by atoms with Crippen molar-refractivity contribution in [1.29, 1.82) is 0 Å². The van der Waals surface area contributed by atoms with E-state index in [-0.39, 0.29) is 0 Å². The molecule has 1 aromatic heterocycles. The van der Waals surface area contributed by atoms with Crippen LogP contribution in [0.1, 0.15) is 24.1 Å². The maximum atomic E-state index is 4.06. The molecule has 0 amide bonds. The van der Waals surface area contributed by atoms with Crippen molar-refractivity contribution in [2.45, 2.75) is 31.1 Å². The van der Waals surface area contributed by atoms with E-state index in [0.717, 1.165) is 18.3 Å². The highest BCUT2D eigenvalue weighted by atomic mass is 32.2. The number of thiazole rings is 1. The third-order valence-electron chi connectivity index (χ3n) is 2.43. The highest BCUT2D eigenvalue weighted by Gasteiger charge is 2.12. The van der Waals surface area contributed by atoms with Crippen molar-refractivity contribution >= 4 is 23.1 Å². The van der Waals surface area contributed by atoms with E-state index in [4.69, 9.17) is 0 Å². The molecule has 1 fully saturated rings. The van der Waals surface area contributed by atoms with Crippen LogP contribution >= 0.6 is 23.1 Å². The Bertz CT molecular complexity index is 243. The quantitative estimate of drug-likeness (QED) is 0.857. The summed E-state index contributed by atoms with van der Waals surface area (Å²) in [5.41, 5.74) is 1.90. The van der Waals surface area contributed by atoms with Gasteiger partial charge in [-0.15, -0.1) is 11.3 Å². The van der Waals surface area contributed by atoms with Crippen molar-refractivity contribution in [2.75, 3.05) is 12.3 Å².